The predicted molar refractivity (Wildman–Crippen MR) is 84.4 cm³/mol. The molecular formula is C12H26Cl2N2O2Se. The van der Waals surface area contributed by atoms with Gasteiger partial charge in [-0.15, -0.1) is 24.8 Å². The van der Waals surface area contributed by atoms with E-state index in [1.165, 1.54) is 23.7 Å². The number of ether oxygens (including phenoxy) is 2. The number of hydrogen-bond donors (Lipinski definition) is 0. The third kappa shape index (κ3) is 8.74. The van der Waals surface area contributed by atoms with Crippen molar-refractivity contribution >= 4 is 39.8 Å². The number of hydrogen-bond acceptors (Lipinski definition) is 4. The summed E-state index contributed by atoms with van der Waals surface area (Å²) in [6.45, 7) is 10.8. The average Bonchev–Trinajstić information content (AvgIpc) is 2.41. The van der Waals surface area contributed by atoms with Crippen LogP contribution in [0, 0.1) is 0 Å². The van der Waals surface area contributed by atoms with Crippen molar-refractivity contribution in [3.63, 3.8) is 0 Å². The molecule has 0 aromatic rings. The summed E-state index contributed by atoms with van der Waals surface area (Å²) in [7, 11) is 0. The van der Waals surface area contributed by atoms with Crippen molar-refractivity contribution < 1.29 is 9.47 Å². The van der Waals surface area contributed by atoms with Crippen LogP contribution in [0.5, 0.6) is 0 Å². The third-order valence-corrected chi connectivity index (χ3v) is 5.29. The summed E-state index contributed by atoms with van der Waals surface area (Å²) in [5, 5.41) is 2.80. The van der Waals surface area contributed by atoms with E-state index in [9.17, 15) is 0 Å². The first-order chi connectivity index (χ1) is 8.45. The standard InChI is InChI=1S/C12H24N2O2Se.2ClH/c1-7-15-8-2-13(1)5-11-17-12-6-14-3-9-16-10-4-14;;/h1-12H2;2*1H. The van der Waals surface area contributed by atoms with Gasteiger partial charge in [0.05, 0.1) is 0 Å². The Bertz CT molecular complexity index is 184. The topological polar surface area (TPSA) is 24.9 Å². The molecule has 0 saturated carbocycles. The molecule has 2 saturated heterocycles. The van der Waals surface area contributed by atoms with E-state index >= 15 is 0 Å². The van der Waals surface area contributed by atoms with E-state index in [1.54, 1.807) is 0 Å². The smallest absolute Gasteiger partial charge is 0.147 e. The molecule has 2 aliphatic heterocycles. The summed E-state index contributed by atoms with van der Waals surface area (Å²) in [5.74, 6) is 0. The molecule has 0 aliphatic carbocycles. The van der Waals surface area contributed by atoms with Gasteiger partial charge in [-0.1, -0.05) is 0 Å². The van der Waals surface area contributed by atoms with Crippen molar-refractivity contribution in [3.8, 4) is 0 Å². The van der Waals surface area contributed by atoms with E-state index in [-0.39, 0.29) is 24.8 Å². The van der Waals surface area contributed by atoms with Gasteiger partial charge >= 0.3 is 111 Å². The van der Waals surface area contributed by atoms with Gasteiger partial charge in [0.2, 0.25) is 0 Å². The van der Waals surface area contributed by atoms with Crippen LogP contribution in [0.2, 0.25) is 10.6 Å². The summed E-state index contributed by atoms with van der Waals surface area (Å²) in [5.41, 5.74) is 0. The van der Waals surface area contributed by atoms with E-state index < -0.39 is 0 Å². The molecular weight excluding hydrogens is 354 g/mol. The van der Waals surface area contributed by atoms with Crippen LogP contribution in [0.4, 0.5) is 0 Å². The molecule has 0 N–H and O–H groups in total. The summed E-state index contributed by atoms with van der Waals surface area (Å²) >= 11 is 0.816. The first-order valence-electron chi connectivity index (χ1n) is 6.63. The van der Waals surface area contributed by atoms with Crippen LogP contribution in [0.25, 0.3) is 0 Å². The van der Waals surface area contributed by atoms with Crippen LogP contribution in [-0.2, 0) is 9.47 Å². The van der Waals surface area contributed by atoms with Crippen LogP contribution < -0.4 is 0 Å². The second-order valence-electron chi connectivity index (χ2n) is 4.52. The molecule has 0 spiro atoms. The molecule has 0 amide bonds. The molecule has 2 heterocycles. The monoisotopic (exact) mass is 380 g/mol. The summed E-state index contributed by atoms with van der Waals surface area (Å²) < 4.78 is 10.7. The van der Waals surface area contributed by atoms with Gasteiger partial charge in [-0.25, -0.2) is 0 Å². The molecule has 4 nitrogen and oxygen atoms in total. The fraction of sp³-hybridized carbons (Fsp3) is 1.00. The van der Waals surface area contributed by atoms with E-state index in [1.807, 2.05) is 0 Å². The number of nitrogens with zero attached hydrogens (tertiary/aromatic N) is 2. The van der Waals surface area contributed by atoms with Crippen molar-refractivity contribution in [3.05, 3.63) is 0 Å². The van der Waals surface area contributed by atoms with Crippen LogP contribution in [0.1, 0.15) is 0 Å². The molecule has 0 aromatic heterocycles. The van der Waals surface area contributed by atoms with Crippen LogP contribution >= 0.6 is 24.8 Å². The van der Waals surface area contributed by atoms with Crippen molar-refractivity contribution in [2.24, 2.45) is 0 Å². The zero-order chi connectivity index (χ0) is 11.8. The van der Waals surface area contributed by atoms with Gasteiger partial charge in [-0.05, 0) is 0 Å². The van der Waals surface area contributed by atoms with Crippen molar-refractivity contribution in [2.75, 3.05) is 65.7 Å². The van der Waals surface area contributed by atoms with Gasteiger partial charge in [0.1, 0.15) is 0 Å². The SMILES string of the molecule is C1CN(CC[Se]CCN2CCOCC2)CCO1.Cl.Cl. The molecule has 7 heteroatoms. The van der Waals surface area contributed by atoms with Crippen molar-refractivity contribution in [1.29, 1.82) is 0 Å². The van der Waals surface area contributed by atoms with Crippen LogP contribution in [-0.4, -0.2) is 90.5 Å². The van der Waals surface area contributed by atoms with E-state index in [4.69, 9.17) is 9.47 Å². The minimum atomic E-state index is 0. The Labute approximate surface area is 135 Å². The van der Waals surface area contributed by atoms with Crippen LogP contribution in [0.15, 0.2) is 0 Å². The Kier molecular flexibility index (Phi) is 13.3. The Morgan fingerprint density at radius 2 is 1.05 bits per heavy atom. The maximum absolute atomic E-state index is 5.35. The fourth-order valence-corrected chi connectivity index (χ4v) is 4.19. The van der Waals surface area contributed by atoms with Gasteiger partial charge in [0, 0.05) is 0 Å². The van der Waals surface area contributed by atoms with Gasteiger partial charge < -0.3 is 0 Å². The molecule has 0 aromatic carbocycles. The Hall–Kier alpha value is 0.939. The quantitative estimate of drug-likeness (QED) is 0.508. The number of morpholine rings is 2. The van der Waals surface area contributed by atoms with Crippen molar-refractivity contribution in [1.82, 2.24) is 9.80 Å². The minimum absolute atomic E-state index is 0. The molecule has 116 valence electrons. The predicted octanol–water partition coefficient (Wildman–Crippen LogP) is 1.04. The average molecular weight is 380 g/mol. The Balaban J connectivity index is 0.00000162. The molecule has 0 bridgehead atoms. The van der Waals surface area contributed by atoms with E-state index in [0.29, 0.717) is 0 Å². The van der Waals surface area contributed by atoms with Gasteiger partial charge in [-0.2, -0.15) is 0 Å². The van der Waals surface area contributed by atoms with Gasteiger partial charge in [0.15, 0.2) is 0 Å². The Morgan fingerprint density at radius 3 is 1.42 bits per heavy atom. The first kappa shape index (κ1) is 19.9. The number of rotatable bonds is 6. The Morgan fingerprint density at radius 1 is 0.684 bits per heavy atom. The molecule has 0 unspecified atom stereocenters. The van der Waals surface area contributed by atoms with Crippen LogP contribution in [0.3, 0.4) is 0 Å². The first-order valence-corrected chi connectivity index (χ1v) is 9.05. The molecule has 19 heavy (non-hydrogen) atoms. The molecule has 2 rings (SSSR count). The second-order valence-corrected chi connectivity index (χ2v) is 7.09. The minimum Gasteiger partial charge on any atom is -0.147 e. The molecule has 0 radical (unpaired) electrons. The number of halogens is 2. The maximum atomic E-state index is 5.35. The largest absolute Gasteiger partial charge is 0.147 e. The summed E-state index contributed by atoms with van der Waals surface area (Å²) in [6, 6.07) is 0. The third-order valence-electron chi connectivity index (χ3n) is 3.31. The summed E-state index contributed by atoms with van der Waals surface area (Å²) in [4.78, 5) is 5.08. The zero-order valence-electron chi connectivity index (χ0n) is 11.4. The van der Waals surface area contributed by atoms with Gasteiger partial charge in [-0.3, -0.25) is 0 Å². The maximum Gasteiger partial charge on any atom is -0.147 e. The fourth-order valence-electron chi connectivity index (χ4n) is 2.14. The van der Waals surface area contributed by atoms with E-state index in [0.717, 1.165) is 67.6 Å². The van der Waals surface area contributed by atoms with Gasteiger partial charge in [0.25, 0.3) is 0 Å². The molecule has 0 atom stereocenters. The normalized spacial score (nSPS) is 21.5. The summed E-state index contributed by atoms with van der Waals surface area (Å²) in [6.07, 6.45) is 0. The van der Waals surface area contributed by atoms with Crippen molar-refractivity contribution in [2.45, 2.75) is 10.6 Å². The molecule has 2 fully saturated rings. The second kappa shape index (κ2) is 12.7. The van der Waals surface area contributed by atoms with E-state index in [2.05, 4.69) is 9.80 Å². The molecule has 2 aliphatic rings. The zero-order valence-corrected chi connectivity index (χ0v) is 14.8.